The van der Waals surface area contributed by atoms with E-state index >= 15 is 0 Å². The Balaban J connectivity index is 2.33. The van der Waals surface area contributed by atoms with Crippen molar-refractivity contribution in [1.29, 1.82) is 0 Å². The molecule has 1 aromatic heterocycles. The first-order valence-corrected chi connectivity index (χ1v) is 4.02. The van der Waals surface area contributed by atoms with Crippen molar-refractivity contribution in [2.45, 2.75) is 6.54 Å². The van der Waals surface area contributed by atoms with Crippen molar-refractivity contribution in [1.82, 2.24) is 14.8 Å². The smallest absolute Gasteiger partial charge is 0.137 e. The Morgan fingerprint density at radius 2 is 1.93 bits per heavy atom. The Kier molecular flexibility index (Phi) is 2.22. The number of rotatable bonds is 2. The van der Waals surface area contributed by atoms with Crippen molar-refractivity contribution in [3.05, 3.63) is 48.1 Å². The summed E-state index contributed by atoms with van der Waals surface area (Å²) in [6.45, 7) is 0.0541. The minimum atomic E-state index is -0.569. The molecule has 0 radical (unpaired) electrons. The lowest BCUT2D eigenvalue weighted by atomic mass is 10.2. The monoisotopic (exact) mass is 195 g/mol. The standard InChI is InChI=1S/C9H7F2N3/c10-8-2-1-3-9(11)7(8)4-14-6-12-5-13-14/h1-3,5-6H,4H2. The van der Waals surface area contributed by atoms with Crippen molar-refractivity contribution < 1.29 is 8.78 Å². The van der Waals surface area contributed by atoms with Crippen molar-refractivity contribution in [2.24, 2.45) is 0 Å². The van der Waals surface area contributed by atoms with Gasteiger partial charge in [0.1, 0.15) is 24.3 Å². The van der Waals surface area contributed by atoms with Crippen LogP contribution in [-0.2, 0) is 6.54 Å². The lowest BCUT2D eigenvalue weighted by molar-refractivity contribution is 0.532. The molecule has 5 heteroatoms. The molecule has 2 rings (SSSR count). The van der Waals surface area contributed by atoms with Crippen LogP contribution in [0.25, 0.3) is 0 Å². The van der Waals surface area contributed by atoms with E-state index in [1.807, 2.05) is 0 Å². The van der Waals surface area contributed by atoms with E-state index in [4.69, 9.17) is 0 Å². The average molecular weight is 195 g/mol. The molecule has 0 saturated carbocycles. The van der Waals surface area contributed by atoms with E-state index in [9.17, 15) is 8.78 Å². The van der Waals surface area contributed by atoms with Gasteiger partial charge in [-0.25, -0.2) is 18.4 Å². The third kappa shape index (κ3) is 1.61. The molecule has 0 aliphatic carbocycles. The van der Waals surface area contributed by atoms with Crippen LogP contribution in [-0.4, -0.2) is 14.8 Å². The Bertz CT molecular complexity index is 405. The van der Waals surface area contributed by atoms with Crippen molar-refractivity contribution in [3.8, 4) is 0 Å². The van der Waals surface area contributed by atoms with Crippen LogP contribution in [0, 0.1) is 11.6 Å². The number of halogens is 2. The van der Waals surface area contributed by atoms with Crippen molar-refractivity contribution in [2.75, 3.05) is 0 Å². The average Bonchev–Trinajstić information content (AvgIpc) is 2.64. The maximum Gasteiger partial charge on any atom is 0.137 e. The third-order valence-electron chi connectivity index (χ3n) is 1.85. The molecule has 0 N–H and O–H groups in total. The van der Waals surface area contributed by atoms with Crippen LogP contribution in [0.15, 0.2) is 30.9 Å². The topological polar surface area (TPSA) is 30.7 Å². The maximum atomic E-state index is 13.1. The Labute approximate surface area is 79.0 Å². The van der Waals surface area contributed by atoms with E-state index in [1.54, 1.807) is 0 Å². The van der Waals surface area contributed by atoms with E-state index < -0.39 is 11.6 Å². The van der Waals surface area contributed by atoms with Gasteiger partial charge in [0, 0.05) is 5.56 Å². The second-order valence-electron chi connectivity index (χ2n) is 2.79. The second kappa shape index (κ2) is 3.53. The molecule has 0 aliphatic rings. The summed E-state index contributed by atoms with van der Waals surface area (Å²) < 4.78 is 27.6. The molecule has 1 heterocycles. The lowest BCUT2D eigenvalue weighted by Crippen LogP contribution is -2.04. The highest BCUT2D eigenvalue weighted by Gasteiger charge is 2.08. The zero-order valence-corrected chi connectivity index (χ0v) is 7.19. The predicted octanol–water partition coefficient (Wildman–Crippen LogP) is 1.60. The molecule has 0 unspecified atom stereocenters. The van der Waals surface area contributed by atoms with Gasteiger partial charge in [0.25, 0.3) is 0 Å². The van der Waals surface area contributed by atoms with Gasteiger partial charge in [-0.2, -0.15) is 5.10 Å². The molecule has 1 aromatic carbocycles. The Morgan fingerprint density at radius 3 is 2.50 bits per heavy atom. The van der Waals surface area contributed by atoms with Gasteiger partial charge < -0.3 is 0 Å². The molecule has 3 nitrogen and oxygen atoms in total. The normalized spacial score (nSPS) is 10.4. The van der Waals surface area contributed by atoms with Crippen LogP contribution >= 0.6 is 0 Å². The van der Waals surface area contributed by atoms with Gasteiger partial charge in [0.15, 0.2) is 0 Å². The molecule has 0 aliphatic heterocycles. The Hall–Kier alpha value is -1.78. The molecule has 0 bridgehead atoms. The van der Waals surface area contributed by atoms with E-state index in [-0.39, 0.29) is 12.1 Å². The molecule has 0 fully saturated rings. The van der Waals surface area contributed by atoms with Gasteiger partial charge >= 0.3 is 0 Å². The van der Waals surface area contributed by atoms with Crippen LogP contribution < -0.4 is 0 Å². The lowest BCUT2D eigenvalue weighted by Gasteiger charge is -2.03. The summed E-state index contributed by atoms with van der Waals surface area (Å²) in [7, 11) is 0. The van der Waals surface area contributed by atoms with Gasteiger partial charge in [-0.1, -0.05) is 6.07 Å². The fourth-order valence-electron chi connectivity index (χ4n) is 1.16. The van der Waals surface area contributed by atoms with E-state index in [2.05, 4.69) is 10.1 Å². The summed E-state index contributed by atoms with van der Waals surface area (Å²) in [5, 5.41) is 3.77. The molecule has 0 spiro atoms. The van der Waals surface area contributed by atoms with E-state index in [0.29, 0.717) is 0 Å². The molecule has 0 atom stereocenters. The van der Waals surface area contributed by atoms with Crippen LogP contribution in [0.3, 0.4) is 0 Å². The van der Waals surface area contributed by atoms with Crippen LogP contribution in [0.2, 0.25) is 0 Å². The molecular formula is C9H7F2N3. The van der Waals surface area contributed by atoms with E-state index in [1.165, 1.54) is 35.5 Å². The number of nitrogens with zero attached hydrogens (tertiary/aromatic N) is 3. The van der Waals surface area contributed by atoms with Gasteiger partial charge in [-0.05, 0) is 12.1 Å². The van der Waals surface area contributed by atoms with Crippen molar-refractivity contribution in [3.63, 3.8) is 0 Å². The fraction of sp³-hybridized carbons (Fsp3) is 0.111. The number of benzene rings is 1. The maximum absolute atomic E-state index is 13.1. The number of aromatic nitrogens is 3. The van der Waals surface area contributed by atoms with Gasteiger partial charge in [0.05, 0.1) is 6.54 Å². The predicted molar refractivity (Wildman–Crippen MR) is 45.5 cm³/mol. The summed E-state index contributed by atoms with van der Waals surface area (Å²) in [6.07, 6.45) is 2.73. The number of hydrogen-bond acceptors (Lipinski definition) is 2. The van der Waals surface area contributed by atoms with Crippen LogP contribution in [0.4, 0.5) is 8.78 Å². The molecular weight excluding hydrogens is 188 g/mol. The fourth-order valence-corrected chi connectivity index (χ4v) is 1.16. The minimum Gasteiger partial charge on any atom is -0.248 e. The molecule has 0 amide bonds. The first-order valence-electron chi connectivity index (χ1n) is 4.02. The third-order valence-corrected chi connectivity index (χ3v) is 1.85. The van der Waals surface area contributed by atoms with Gasteiger partial charge in [-0.15, -0.1) is 0 Å². The summed E-state index contributed by atoms with van der Waals surface area (Å²) >= 11 is 0. The van der Waals surface area contributed by atoms with Crippen LogP contribution in [0.1, 0.15) is 5.56 Å². The minimum absolute atomic E-state index is 0.00185. The molecule has 14 heavy (non-hydrogen) atoms. The number of hydrogen-bond donors (Lipinski definition) is 0. The van der Waals surface area contributed by atoms with Gasteiger partial charge in [0.2, 0.25) is 0 Å². The zero-order chi connectivity index (χ0) is 9.97. The highest BCUT2D eigenvalue weighted by atomic mass is 19.1. The first kappa shape index (κ1) is 8.80. The summed E-state index contributed by atoms with van der Waals surface area (Å²) in [5.74, 6) is -1.14. The summed E-state index contributed by atoms with van der Waals surface area (Å²) in [5.41, 5.74) is -0.00185. The Morgan fingerprint density at radius 1 is 1.21 bits per heavy atom. The largest absolute Gasteiger partial charge is 0.248 e. The quantitative estimate of drug-likeness (QED) is 0.728. The molecule has 2 aromatic rings. The summed E-state index contributed by atoms with van der Waals surface area (Å²) in [6, 6.07) is 3.76. The van der Waals surface area contributed by atoms with Crippen molar-refractivity contribution >= 4 is 0 Å². The first-order chi connectivity index (χ1) is 6.77. The molecule has 0 saturated heterocycles. The molecule has 72 valence electrons. The summed E-state index contributed by atoms with van der Waals surface area (Å²) in [4.78, 5) is 3.68. The van der Waals surface area contributed by atoms with E-state index in [0.717, 1.165) is 0 Å². The highest BCUT2D eigenvalue weighted by molar-refractivity contribution is 5.19. The second-order valence-corrected chi connectivity index (χ2v) is 2.79. The highest BCUT2D eigenvalue weighted by Crippen LogP contribution is 2.12. The van der Waals surface area contributed by atoms with Gasteiger partial charge in [-0.3, -0.25) is 0 Å². The zero-order valence-electron chi connectivity index (χ0n) is 7.19. The SMILES string of the molecule is Fc1cccc(F)c1Cn1cncn1. The van der Waals surface area contributed by atoms with Crippen LogP contribution in [0.5, 0.6) is 0 Å².